The second kappa shape index (κ2) is 10.6. The van der Waals surface area contributed by atoms with Crippen LogP contribution in [0.15, 0.2) is 71.6 Å². The maximum Gasteiger partial charge on any atom is 0.293 e. The molecule has 0 saturated carbocycles. The van der Waals surface area contributed by atoms with Crippen LogP contribution in [-0.2, 0) is 11.4 Å². The van der Waals surface area contributed by atoms with Crippen molar-refractivity contribution < 1.29 is 23.5 Å². The van der Waals surface area contributed by atoms with Crippen LogP contribution in [0.25, 0.3) is 6.08 Å². The lowest BCUT2D eigenvalue weighted by Gasteiger charge is -2.14. The van der Waals surface area contributed by atoms with Gasteiger partial charge in [-0.3, -0.25) is 14.5 Å². The zero-order valence-corrected chi connectivity index (χ0v) is 19.7. The van der Waals surface area contributed by atoms with Gasteiger partial charge >= 0.3 is 0 Å². The van der Waals surface area contributed by atoms with Crippen molar-refractivity contribution in [1.29, 1.82) is 0 Å². The first-order valence-electron chi connectivity index (χ1n) is 10.8. The summed E-state index contributed by atoms with van der Waals surface area (Å²) >= 11 is 0.899. The highest BCUT2D eigenvalue weighted by Crippen LogP contribution is 2.32. The van der Waals surface area contributed by atoms with Crippen LogP contribution >= 0.6 is 11.8 Å². The number of ether oxygens (including phenoxy) is 2. The van der Waals surface area contributed by atoms with Gasteiger partial charge in [0.2, 0.25) is 0 Å². The Balaban J connectivity index is 1.38. The minimum atomic E-state index is -0.350. The Bertz CT molecular complexity index is 1260. The molecule has 1 saturated heterocycles. The van der Waals surface area contributed by atoms with Gasteiger partial charge in [-0.15, -0.1) is 0 Å². The van der Waals surface area contributed by atoms with Crippen molar-refractivity contribution in [3.8, 4) is 11.5 Å². The number of imide groups is 1. The molecule has 0 spiro atoms. The summed E-state index contributed by atoms with van der Waals surface area (Å²) in [5.74, 6) is 0.610. The lowest BCUT2D eigenvalue weighted by molar-refractivity contribution is -0.123. The van der Waals surface area contributed by atoms with E-state index in [-0.39, 0.29) is 36.7 Å². The third-order valence-electron chi connectivity index (χ3n) is 5.30. The minimum absolute atomic E-state index is 0.0903. The summed E-state index contributed by atoms with van der Waals surface area (Å²) in [4.78, 5) is 26.8. The third kappa shape index (κ3) is 5.66. The van der Waals surface area contributed by atoms with E-state index < -0.39 is 0 Å². The highest BCUT2D eigenvalue weighted by molar-refractivity contribution is 8.18. The molecular formula is C27H24FNO4S. The van der Waals surface area contributed by atoms with E-state index in [1.165, 1.54) is 11.0 Å². The van der Waals surface area contributed by atoms with E-state index in [1.807, 2.05) is 38.1 Å². The summed E-state index contributed by atoms with van der Waals surface area (Å²) in [6, 6.07) is 19.4. The maximum atomic E-state index is 13.8. The number of amides is 2. The van der Waals surface area contributed by atoms with E-state index in [0.29, 0.717) is 21.8 Å². The van der Waals surface area contributed by atoms with Gasteiger partial charge in [0.1, 0.15) is 30.5 Å². The Morgan fingerprint density at radius 2 is 1.79 bits per heavy atom. The predicted octanol–water partition coefficient (Wildman–Crippen LogP) is 6.14. The average molecular weight is 478 g/mol. The predicted molar refractivity (Wildman–Crippen MR) is 131 cm³/mol. The molecule has 0 N–H and O–H groups in total. The standard InChI is InChI=1S/C27H24FNO4S/c1-18-10-11-19(2)24(14-18)32-13-12-29-26(30)25(34-27(29)31)16-20-6-5-8-22(15-20)33-17-21-7-3-4-9-23(21)28/h3-11,14-16H,12-13,17H2,1-2H3/b25-16-. The zero-order chi connectivity index (χ0) is 24.1. The van der Waals surface area contributed by atoms with Crippen LogP contribution in [0.1, 0.15) is 22.3 Å². The molecule has 1 heterocycles. The van der Waals surface area contributed by atoms with E-state index in [1.54, 1.807) is 42.5 Å². The second-order valence-electron chi connectivity index (χ2n) is 7.90. The molecule has 0 radical (unpaired) electrons. The SMILES string of the molecule is Cc1ccc(C)c(OCCN2C(=O)S/C(=C\c3cccc(OCc4ccccc4F)c3)C2=O)c1. The molecule has 174 valence electrons. The summed E-state index contributed by atoms with van der Waals surface area (Å²) < 4.78 is 25.3. The number of carbonyl (C=O) groups is 2. The lowest BCUT2D eigenvalue weighted by atomic mass is 10.1. The van der Waals surface area contributed by atoms with Crippen molar-refractivity contribution in [1.82, 2.24) is 4.90 Å². The average Bonchev–Trinajstić information content (AvgIpc) is 3.08. The zero-order valence-electron chi connectivity index (χ0n) is 18.9. The number of hydrogen-bond donors (Lipinski definition) is 0. The normalized spacial score (nSPS) is 14.7. The molecule has 0 atom stereocenters. The van der Waals surface area contributed by atoms with Gasteiger partial charge in [-0.2, -0.15) is 0 Å². The Morgan fingerprint density at radius 1 is 0.971 bits per heavy atom. The van der Waals surface area contributed by atoms with E-state index in [9.17, 15) is 14.0 Å². The summed E-state index contributed by atoms with van der Waals surface area (Å²) in [5.41, 5.74) is 3.24. The van der Waals surface area contributed by atoms with E-state index in [4.69, 9.17) is 9.47 Å². The largest absolute Gasteiger partial charge is 0.491 e. The Hall–Kier alpha value is -3.58. The van der Waals surface area contributed by atoms with Gasteiger partial charge in [-0.05, 0) is 72.6 Å². The number of benzene rings is 3. The summed E-state index contributed by atoms with van der Waals surface area (Å²) in [5, 5.41) is -0.326. The Kier molecular flexibility index (Phi) is 7.33. The van der Waals surface area contributed by atoms with Gasteiger partial charge in [0.25, 0.3) is 11.1 Å². The smallest absolute Gasteiger partial charge is 0.293 e. The van der Waals surface area contributed by atoms with Gasteiger partial charge in [0, 0.05) is 5.56 Å². The number of nitrogens with zero attached hydrogens (tertiary/aromatic N) is 1. The molecule has 5 nitrogen and oxygen atoms in total. The molecule has 3 aromatic carbocycles. The van der Waals surface area contributed by atoms with Crippen LogP contribution in [0.2, 0.25) is 0 Å². The van der Waals surface area contributed by atoms with E-state index in [2.05, 4.69) is 0 Å². The fraction of sp³-hybridized carbons (Fsp3) is 0.185. The monoisotopic (exact) mass is 477 g/mol. The number of carbonyl (C=O) groups excluding carboxylic acids is 2. The van der Waals surface area contributed by atoms with Crippen molar-refractivity contribution in [2.75, 3.05) is 13.2 Å². The molecule has 4 rings (SSSR count). The van der Waals surface area contributed by atoms with Crippen molar-refractivity contribution in [2.24, 2.45) is 0 Å². The van der Waals surface area contributed by atoms with Crippen LogP contribution in [0.3, 0.4) is 0 Å². The third-order valence-corrected chi connectivity index (χ3v) is 6.21. The fourth-order valence-electron chi connectivity index (χ4n) is 3.42. The van der Waals surface area contributed by atoms with Crippen molar-refractivity contribution in [3.63, 3.8) is 0 Å². The Labute approximate surface area is 202 Å². The summed E-state index contributed by atoms with van der Waals surface area (Å²) in [6.45, 7) is 4.41. The van der Waals surface area contributed by atoms with Crippen molar-refractivity contribution in [2.45, 2.75) is 20.5 Å². The van der Waals surface area contributed by atoms with E-state index in [0.717, 1.165) is 28.6 Å². The van der Waals surface area contributed by atoms with Crippen LogP contribution in [0, 0.1) is 19.7 Å². The van der Waals surface area contributed by atoms with Gasteiger partial charge in [-0.1, -0.05) is 42.5 Å². The highest BCUT2D eigenvalue weighted by atomic mass is 32.2. The number of hydrogen-bond acceptors (Lipinski definition) is 5. The fourth-order valence-corrected chi connectivity index (χ4v) is 4.29. The first-order chi connectivity index (χ1) is 16.4. The number of thioether (sulfide) groups is 1. The number of aryl methyl sites for hydroxylation is 2. The van der Waals surface area contributed by atoms with Crippen LogP contribution in [0.5, 0.6) is 11.5 Å². The van der Waals surface area contributed by atoms with Gasteiger partial charge < -0.3 is 9.47 Å². The van der Waals surface area contributed by atoms with Crippen LogP contribution in [-0.4, -0.2) is 29.2 Å². The van der Waals surface area contributed by atoms with Gasteiger partial charge in [0.15, 0.2) is 0 Å². The second-order valence-corrected chi connectivity index (χ2v) is 8.90. The van der Waals surface area contributed by atoms with Crippen molar-refractivity contribution in [3.05, 3.63) is 99.7 Å². The first-order valence-corrected chi connectivity index (χ1v) is 11.6. The maximum absolute atomic E-state index is 13.8. The summed E-state index contributed by atoms with van der Waals surface area (Å²) in [7, 11) is 0. The number of halogens is 1. The van der Waals surface area contributed by atoms with E-state index >= 15 is 0 Å². The first kappa shape index (κ1) is 23.6. The lowest BCUT2D eigenvalue weighted by Crippen LogP contribution is -2.32. The molecule has 3 aromatic rings. The molecule has 1 aliphatic heterocycles. The van der Waals surface area contributed by atoms with Crippen molar-refractivity contribution >= 4 is 29.0 Å². The number of rotatable bonds is 8. The molecule has 34 heavy (non-hydrogen) atoms. The molecule has 0 aromatic heterocycles. The molecular weight excluding hydrogens is 453 g/mol. The quantitative estimate of drug-likeness (QED) is 0.365. The highest BCUT2D eigenvalue weighted by Gasteiger charge is 2.34. The molecule has 0 aliphatic carbocycles. The molecule has 0 unspecified atom stereocenters. The topological polar surface area (TPSA) is 55.8 Å². The minimum Gasteiger partial charge on any atom is -0.491 e. The van der Waals surface area contributed by atoms with Crippen LogP contribution in [0.4, 0.5) is 9.18 Å². The van der Waals surface area contributed by atoms with Gasteiger partial charge in [0.05, 0.1) is 11.4 Å². The molecule has 1 aliphatic rings. The molecule has 2 amide bonds. The molecule has 0 bridgehead atoms. The summed E-state index contributed by atoms with van der Waals surface area (Å²) in [6.07, 6.45) is 1.66. The van der Waals surface area contributed by atoms with Crippen LogP contribution < -0.4 is 9.47 Å². The molecule has 7 heteroatoms. The van der Waals surface area contributed by atoms with Gasteiger partial charge in [-0.25, -0.2) is 4.39 Å². The molecule has 1 fully saturated rings. The Morgan fingerprint density at radius 3 is 2.62 bits per heavy atom.